The number of carbonyl (C=O) groups excluding carboxylic acids is 3. The Hall–Kier alpha value is -2.19. The largest absolute Gasteiger partial charge is 0.394 e. The maximum atomic E-state index is 14.4. The van der Waals surface area contributed by atoms with Gasteiger partial charge >= 0.3 is 0 Å². The van der Waals surface area contributed by atoms with Gasteiger partial charge in [-0.05, 0) is 31.6 Å². The lowest BCUT2D eigenvalue weighted by Crippen LogP contribution is -2.59. The van der Waals surface area contributed by atoms with Gasteiger partial charge in [-0.2, -0.15) is 0 Å². The number of likely N-dealkylation sites (tertiary alicyclic amines) is 1. The summed E-state index contributed by atoms with van der Waals surface area (Å²) in [7, 11) is 1.72. The first kappa shape index (κ1) is 29.4. The summed E-state index contributed by atoms with van der Waals surface area (Å²) >= 11 is 0. The lowest BCUT2D eigenvalue weighted by atomic mass is 9.64. The normalized spacial score (nSPS) is 30.9. The zero-order valence-electron chi connectivity index (χ0n) is 23.4. The molecule has 3 rings (SSSR count). The molecule has 3 aliphatic rings. The van der Waals surface area contributed by atoms with Gasteiger partial charge in [-0.25, -0.2) is 0 Å². The highest BCUT2D eigenvalue weighted by molar-refractivity contribution is 5.99. The molecule has 8 nitrogen and oxygen atoms in total. The number of likely N-dealkylation sites (N-methyl/N-ethyl adjacent to an activating group) is 1. The quantitative estimate of drug-likeness (QED) is 0.283. The number of carbonyl (C=O) groups is 3. The molecule has 3 heterocycles. The van der Waals surface area contributed by atoms with Crippen LogP contribution in [0.1, 0.15) is 66.2 Å². The van der Waals surface area contributed by atoms with Gasteiger partial charge in [-0.3, -0.25) is 14.4 Å². The van der Waals surface area contributed by atoms with Crippen molar-refractivity contribution in [2.75, 3.05) is 33.3 Å². The fraction of sp³-hybridized carbons (Fsp3) is 0.759. The Morgan fingerprint density at radius 1 is 1.16 bits per heavy atom. The number of fused-ring (bicyclic) bond motifs is 1. The summed E-state index contributed by atoms with van der Waals surface area (Å²) < 4.78 is 6.85. The number of hydrogen-bond acceptors (Lipinski definition) is 5. The Bertz CT molecular complexity index is 891. The van der Waals surface area contributed by atoms with Crippen molar-refractivity contribution in [1.29, 1.82) is 0 Å². The van der Waals surface area contributed by atoms with Crippen molar-refractivity contribution in [2.45, 2.75) is 89.5 Å². The summed E-state index contributed by atoms with van der Waals surface area (Å²) in [6.07, 6.45) is 7.99. The van der Waals surface area contributed by atoms with Crippen molar-refractivity contribution in [3.8, 4) is 0 Å². The van der Waals surface area contributed by atoms with E-state index in [0.717, 1.165) is 19.3 Å². The molecule has 37 heavy (non-hydrogen) atoms. The second-order valence-electron chi connectivity index (χ2n) is 11.4. The van der Waals surface area contributed by atoms with Gasteiger partial charge in [-0.1, -0.05) is 52.7 Å². The molecule has 1 N–H and O–H groups in total. The highest BCUT2D eigenvalue weighted by atomic mass is 16.5. The van der Waals surface area contributed by atoms with Crippen LogP contribution in [0.3, 0.4) is 0 Å². The summed E-state index contributed by atoms with van der Waals surface area (Å²) in [5.41, 5.74) is -1.87. The molecule has 0 saturated carbocycles. The molecule has 3 fully saturated rings. The molecule has 3 saturated heterocycles. The first-order valence-corrected chi connectivity index (χ1v) is 14.0. The Kier molecular flexibility index (Phi) is 9.27. The predicted molar refractivity (Wildman–Crippen MR) is 144 cm³/mol. The van der Waals surface area contributed by atoms with Crippen LogP contribution < -0.4 is 0 Å². The third-order valence-electron chi connectivity index (χ3n) is 8.90. The molecule has 0 aliphatic carbocycles. The highest BCUT2D eigenvalue weighted by Crippen LogP contribution is 2.65. The molecule has 0 aromatic heterocycles. The number of ether oxygens (including phenoxy) is 1. The van der Waals surface area contributed by atoms with E-state index in [-0.39, 0.29) is 30.2 Å². The molecule has 0 aromatic rings. The van der Waals surface area contributed by atoms with E-state index in [4.69, 9.17) is 4.74 Å². The van der Waals surface area contributed by atoms with Gasteiger partial charge in [-0.15, -0.1) is 13.2 Å². The Balaban J connectivity index is 2.14. The number of unbranched alkanes of at least 4 members (excludes halogenated alkanes) is 2. The maximum Gasteiger partial charge on any atom is 0.248 e. The number of nitrogens with zero attached hydrogens (tertiary/aromatic N) is 3. The Morgan fingerprint density at radius 2 is 1.84 bits per heavy atom. The average molecular weight is 518 g/mol. The summed E-state index contributed by atoms with van der Waals surface area (Å²) in [6.45, 7) is 16.6. The van der Waals surface area contributed by atoms with Crippen molar-refractivity contribution >= 4 is 17.7 Å². The van der Waals surface area contributed by atoms with Gasteiger partial charge in [0.1, 0.15) is 11.6 Å². The molecule has 0 radical (unpaired) electrons. The number of aliphatic hydroxyl groups is 1. The minimum Gasteiger partial charge on any atom is -0.394 e. The van der Waals surface area contributed by atoms with Crippen molar-refractivity contribution in [1.82, 2.24) is 14.7 Å². The van der Waals surface area contributed by atoms with Gasteiger partial charge in [0, 0.05) is 26.7 Å². The summed E-state index contributed by atoms with van der Waals surface area (Å²) in [6, 6.07) is -1.44. The number of hydrogen-bond donors (Lipinski definition) is 1. The van der Waals surface area contributed by atoms with E-state index in [1.807, 2.05) is 20.8 Å². The zero-order valence-corrected chi connectivity index (χ0v) is 23.4. The topological polar surface area (TPSA) is 90.4 Å². The third kappa shape index (κ3) is 4.76. The smallest absolute Gasteiger partial charge is 0.248 e. The highest BCUT2D eigenvalue weighted by Gasteiger charge is 2.79. The van der Waals surface area contributed by atoms with E-state index in [0.29, 0.717) is 38.9 Å². The maximum absolute atomic E-state index is 14.4. The summed E-state index contributed by atoms with van der Waals surface area (Å²) in [4.78, 5) is 47.5. The number of rotatable bonds is 14. The van der Waals surface area contributed by atoms with Gasteiger partial charge in [0.05, 0.1) is 30.1 Å². The van der Waals surface area contributed by atoms with Crippen LogP contribution in [-0.4, -0.2) is 94.1 Å². The van der Waals surface area contributed by atoms with Gasteiger partial charge in [0.2, 0.25) is 17.7 Å². The fourth-order valence-electron chi connectivity index (χ4n) is 6.98. The standard InChI is InChI=1S/C29H47N3O5/c1-8-12-13-18-31(17-10-3)27(36)24-29-15-14-28(11-4,37-29)22(25(34)30(7)16-9-2)23(29)26(35)32(24)21(19-33)20(5)6/h9-10,20-24,33H,2-3,8,11-19H2,1,4-7H3/t21-,22-,23-,24?,28+,29?/m0/s1. The first-order chi connectivity index (χ1) is 17.6. The van der Waals surface area contributed by atoms with Crippen LogP contribution in [0.2, 0.25) is 0 Å². The first-order valence-electron chi connectivity index (χ1n) is 14.0. The van der Waals surface area contributed by atoms with Gasteiger partial charge in [0.25, 0.3) is 0 Å². The van der Waals surface area contributed by atoms with Gasteiger partial charge < -0.3 is 24.5 Å². The number of amides is 3. The van der Waals surface area contributed by atoms with Crippen LogP contribution in [-0.2, 0) is 19.1 Å². The van der Waals surface area contributed by atoms with Crippen molar-refractivity contribution in [3.05, 3.63) is 25.3 Å². The van der Waals surface area contributed by atoms with E-state index in [1.54, 1.807) is 33.9 Å². The zero-order chi connectivity index (χ0) is 27.5. The average Bonchev–Trinajstić information content (AvgIpc) is 3.47. The van der Waals surface area contributed by atoms with E-state index < -0.39 is 35.1 Å². The van der Waals surface area contributed by atoms with Crippen molar-refractivity contribution in [2.24, 2.45) is 17.8 Å². The Morgan fingerprint density at radius 3 is 2.38 bits per heavy atom. The molecule has 208 valence electrons. The molecule has 1 spiro atoms. The molecular formula is C29H47N3O5. The van der Waals surface area contributed by atoms with Crippen LogP contribution >= 0.6 is 0 Å². The molecule has 6 atom stereocenters. The van der Waals surface area contributed by atoms with Crippen LogP contribution in [0.5, 0.6) is 0 Å². The van der Waals surface area contributed by atoms with Crippen LogP contribution in [0.15, 0.2) is 25.3 Å². The minimum atomic E-state index is -1.09. The minimum absolute atomic E-state index is 0.0812. The molecule has 0 aromatic carbocycles. The van der Waals surface area contributed by atoms with E-state index in [2.05, 4.69) is 20.1 Å². The summed E-state index contributed by atoms with van der Waals surface area (Å²) in [5, 5.41) is 10.4. The van der Waals surface area contributed by atoms with Crippen molar-refractivity contribution in [3.63, 3.8) is 0 Å². The SMILES string of the molecule is C=CCN(C)C(=O)[C@@H]1[C@H]2C(=O)N([C@@H](CO)C(C)C)C(C(=O)N(CC=C)CCCCC)C23CC[C@@]1(CC)O3. The second-order valence-corrected chi connectivity index (χ2v) is 11.4. The summed E-state index contributed by atoms with van der Waals surface area (Å²) in [5.74, 6) is -2.09. The van der Waals surface area contributed by atoms with E-state index in [1.165, 1.54) is 0 Å². The van der Waals surface area contributed by atoms with Crippen LogP contribution in [0.25, 0.3) is 0 Å². The Labute approximate surface area is 222 Å². The van der Waals surface area contributed by atoms with E-state index >= 15 is 0 Å². The molecular weight excluding hydrogens is 470 g/mol. The number of aliphatic hydroxyl groups excluding tert-OH is 1. The lowest BCUT2D eigenvalue weighted by molar-refractivity contribution is -0.158. The molecule has 2 unspecified atom stereocenters. The molecule has 3 amide bonds. The lowest BCUT2D eigenvalue weighted by Gasteiger charge is -2.40. The molecule has 3 aliphatic heterocycles. The third-order valence-corrected chi connectivity index (χ3v) is 8.90. The molecule has 8 heteroatoms. The van der Waals surface area contributed by atoms with Crippen LogP contribution in [0.4, 0.5) is 0 Å². The van der Waals surface area contributed by atoms with Gasteiger partial charge in [0.15, 0.2) is 0 Å². The van der Waals surface area contributed by atoms with E-state index in [9.17, 15) is 19.5 Å². The predicted octanol–water partition coefficient (Wildman–Crippen LogP) is 3.01. The monoisotopic (exact) mass is 517 g/mol. The molecule has 2 bridgehead atoms. The second kappa shape index (κ2) is 11.7. The van der Waals surface area contributed by atoms with Crippen molar-refractivity contribution < 1.29 is 24.2 Å². The fourth-order valence-corrected chi connectivity index (χ4v) is 6.98. The van der Waals surface area contributed by atoms with Crippen LogP contribution in [0, 0.1) is 17.8 Å².